The number of Topliss-reactive ketones (excluding diaryl/α,β-unsaturated/α-hetero) is 2. The first-order chi connectivity index (χ1) is 13.2. The van der Waals surface area contributed by atoms with Gasteiger partial charge >= 0.3 is 5.97 Å². The molecule has 208 valence electrons. The highest BCUT2D eigenvalue weighted by Gasteiger charge is 2.37. The van der Waals surface area contributed by atoms with E-state index in [1.807, 2.05) is 0 Å². The Hall–Kier alpha value is -1.27. The van der Waals surface area contributed by atoms with E-state index in [4.69, 9.17) is 14.6 Å². The van der Waals surface area contributed by atoms with E-state index in [2.05, 4.69) is 13.8 Å². The van der Waals surface area contributed by atoms with Gasteiger partial charge in [-0.3, -0.25) is 14.4 Å². The molecule has 0 saturated heterocycles. The van der Waals surface area contributed by atoms with Crippen molar-refractivity contribution >= 4 is 17.5 Å². The zero-order valence-electron chi connectivity index (χ0n) is 18.8. The van der Waals surface area contributed by atoms with Gasteiger partial charge in [0.1, 0.15) is 11.7 Å². The summed E-state index contributed by atoms with van der Waals surface area (Å²) in [6.07, 6.45) is 9.82. The molecule has 0 rings (SSSR count). The predicted molar refractivity (Wildman–Crippen MR) is 147 cm³/mol. The van der Waals surface area contributed by atoms with Gasteiger partial charge < -0.3 is 14.6 Å². The zero-order chi connectivity index (χ0) is 22.0. The van der Waals surface area contributed by atoms with Crippen molar-refractivity contribution in [3.63, 3.8) is 0 Å². The molecule has 0 aromatic heterocycles. The van der Waals surface area contributed by atoms with Crippen LogP contribution in [0.3, 0.4) is 0 Å². The summed E-state index contributed by atoms with van der Waals surface area (Å²) in [5.41, 5.74) is -1.13. The van der Waals surface area contributed by atoms with E-state index in [9.17, 15) is 14.4 Å². The van der Waals surface area contributed by atoms with Crippen molar-refractivity contribution in [2.75, 3.05) is 14.2 Å². The maximum atomic E-state index is 11.5. The van der Waals surface area contributed by atoms with Crippen LogP contribution >= 0.6 is 0 Å². The molecule has 0 aromatic carbocycles. The van der Waals surface area contributed by atoms with E-state index in [-0.39, 0.29) is 62.7 Å². The second-order valence-corrected chi connectivity index (χ2v) is 7.32. The molecule has 2 unspecified atom stereocenters. The lowest BCUT2D eigenvalue weighted by molar-refractivity contribution is -0.154. The Morgan fingerprint density at radius 2 is 1.27 bits per heavy atom. The fourth-order valence-electron chi connectivity index (χ4n) is 3.03. The standard InChI is InChI=1S/C12H22O4.C10H20O2.5CH4.H2/c1-4-5-6-7-8-12(16-3,10(2)13)9-11(14)15;1-4-5-6-7-8-10(12-3)9(2)11;;;;;;/h4-9H2,1-3H3,(H,14,15);10H,4-8H2,1-3H3;5*1H4;1H/i;;;;;;;1+1. The Balaban J connectivity index is -0.0000000578. The van der Waals surface area contributed by atoms with E-state index in [0.29, 0.717) is 6.42 Å². The van der Waals surface area contributed by atoms with Gasteiger partial charge in [0.25, 0.3) is 0 Å². The predicted octanol–water partition coefficient (Wildman–Crippen LogP) is 8.39. The molecule has 2 atom stereocenters. The number of unbranched alkanes of at least 4 members (excludes halogenated alkanes) is 6. The molecule has 6 heteroatoms. The maximum absolute atomic E-state index is 11.5. The Bertz CT molecular complexity index is 443. The lowest BCUT2D eigenvalue weighted by Crippen LogP contribution is -2.41. The number of carboxylic acid groups (broad SMARTS) is 1. The second-order valence-electron chi connectivity index (χ2n) is 7.32. The minimum Gasteiger partial charge on any atom is -0.481 e. The molecule has 6 nitrogen and oxygen atoms in total. The molecule has 1 N–H and O–H groups in total. The molecule has 0 fully saturated rings. The lowest BCUT2D eigenvalue weighted by atomic mass is 9.88. The van der Waals surface area contributed by atoms with Crippen molar-refractivity contribution in [1.82, 2.24) is 0 Å². The lowest BCUT2D eigenvalue weighted by Gasteiger charge is -2.28. The van der Waals surface area contributed by atoms with Crippen molar-refractivity contribution in [3.8, 4) is 0 Å². The van der Waals surface area contributed by atoms with E-state index in [1.165, 1.54) is 33.3 Å². The van der Waals surface area contributed by atoms with Crippen molar-refractivity contribution in [3.05, 3.63) is 0 Å². The fraction of sp³-hybridized carbons (Fsp3) is 0.889. The summed E-state index contributed by atoms with van der Waals surface area (Å²) in [5.74, 6) is -1.05. The molecule has 0 aromatic rings. The molecule has 33 heavy (non-hydrogen) atoms. The van der Waals surface area contributed by atoms with Gasteiger partial charge in [0, 0.05) is 15.6 Å². The van der Waals surface area contributed by atoms with Gasteiger partial charge in [0.05, 0.1) is 6.42 Å². The first-order valence-corrected chi connectivity index (χ1v) is 10.5. The van der Waals surface area contributed by atoms with Gasteiger partial charge in [0.2, 0.25) is 0 Å². The van der Waals surface area contributed by atoms with Crippen LogP contribution in [0.4, 0.5) is 0 Å². The molecule has 0 spiro atoms. The van der Waals surface area contributed by atoms with E-state index >= 15 is 0 Å². The van der Waals surface area contributed by atoms with Gasteiger partial charge in [-0.05, 0) is 26.7 Å². The topological polar surface area (TPSA) is 89.9 Å². The van der Waals surface area contributed by atoms with Crippen molar-refractivity contribution < 1.29 is 30.4 Å². The van der Waals surface area contributed by atoms with E-state index in [0.717, 1.165) is 38.5 Å². The minimum atomic E-state index is -1.13. The van der Waals surface area contributed by atoms with Crippen LogP contribution in [0.1, 0.15) is 137 Å². The molecule has 0 saturated carbocycles. The number of carbonyl (C=O) groups excluding carboxylic acids is 2. The number of ketones is 2. The van der Waals surface area contributed by atoms with Gasteiger partial charge in [-0.15, -0.1) is 0 Å². The van der Waals surface area contributed by atoms with Crippen LogP contribution in [0.2, 0.25) is 0 Å². The third kappa shape index (κ3) is 25.2. The number of hydrogen-bond acceptors (Lipinski definition) is 5. The van der Waals surface area contributed by atoms with Crippen molar-refractivity contribution in [2.24, 2.45) is 0 Å². The molecule has 0 bridgehead atoms. The van der Waals surface area contributed by atoms with Gasteiger partial charge in [0.15, 0.2) is 11.6 Å². The van der Waals surface area contributed by atoms with Crippen LogP contribution in [0, 0.1) is 0 Å². The Kier molecular flexibility index (Phi) is 45.6. The number of carbonyl (C=O) groups is 3. The van der Waals surface area contributed by atoms with E-state index < -0.39 is 11.6 Å². The largest absolute Gasteiger partial charge is 0.481 e. The maximum Gasteiger partial charge on any atom is 0.306 e. The summed E-state index contributed by atoms with van der Waals surface area (Å²) < 4.78 is 10.2. The number of methoxy groups -OCH3 is 2. The highest BCUT2D eigenvalue weighted by molar-refractivity contribution is 5.89. The van der Waals surface area contributed by atoms with Crippen LogP contribution in [0.5, 0.6) is 0 Å². The fourth-order valence-corrected chi connectivity index (χ4v) is 3.03. The Morgan fingerprint density at radius 1 is 0.818 bits per heavy atom. The third-order valence-electron chi connectivity index (χ3n) is 4.96. The average molecular weight is 486 g/mol. The zero-order valence-corrected chi connectivity index (χ0v) is 18.8. The van der Waals surface area contributed by atoms with Crippen LogP contribution in [-0.4, -0.2) is 48.6 Å². The number of rotatable bonds is 16. The second kappa shape index (κ2) is 30.7. The summed E-state index contributed by atoms with van der Waals surface area (Å²) >= 11 is 0. The molecular weight excluding hydrogens is 420 g/mol. The first-order valence-electron chi connectivity index (χ1n) is 10.5. The highest BCUT2D eigenvalue weighted by Crippen LogP contribution is 2.25. The van der Waals surface area contributed by atoms with Crippen LogP contribution in [0.15, 0.2) is 0 Å². The monoisotopic (exact) mass is 485 g/mol. The Labute approximate surface area is 209 Å². The molecule has 0 aliphatic heterocycles. The van der Waals surface area contributed by atoms with Gasteiger partial charge in [-0.25, -0.2) is 0 Å². The highest BCUT2D eigenvalue weighted by atomic mass is 16.5. The third-order valence-corrected chi connectivity index (χ3v) is 4.96. The van der Waals surface area contributed by atoms with Crippen LogP contribution in [-0.2, 0) is 23.9 Å². The Morgan fingerprint density at radius 3 is 1.58 bits per heavy atom. The smallest absolute Gasteiger partial charge is 0.306 e. The average Bonchev–Trinajstić information content (AvgIpc) is 2.64. The minimum absolute atomic E-state index is 0. The molecule has 0 radical (unpaired) electrons. The molecule has 0 heterocycles. The van der Waals surface area contributed by atoms with Crippen LogP contribution < -0.4 is 0 Å². The number of ether oxygens (including phenoxy) is 2. The first kappa shape index (κ1) is 49.0. The molecule has 0 aliphatic carbocycles. The normalized spacial score (nSPS) is 11.7. The molecule has 0 aliphatic rings. The molecule has 0 amide bonds. The van der Waals surface area contributed by atoms with Crippen molar-refractivity contribution in [2.45, 2.75) is 147 Å². The SMILES string of the molecule is C.C.C.C.C.CCCCCCC(CC(=O)O)(OC)C(C)=O.CCCCCCC(OC)C(C)=O.[2HH]. The summed E-state index contributed by atoms with van der Waals surface area (Å²) in [4.78, 5) is 33.2. The number of aliphatic carboxylic acids is 1. The van der Waals surface area contributed by atoms with E-state index in [1.54, 1.807) is 14.0 Å². The molecular formula is C27H64O6. The van der Waals surface area contributed by atoms with Crippen molar-refractivity contribution in [1.29, 1.82) is 0 Å². The van der Waals surface area contributed by atoms with Gasteiger partial charge in [-0.2, -0.15) is 0 Å². The summed E-state index contributed by atoms with van der Waals surface area (Å²) in [6, 6.07) is 0. The number of hydrogen-bond donors (Lipinski definition) is 1. The summed E-state index contributed by atoms with van der Waals surface area (Å²) in [6.45, 7) is 7.27. The van der Waals surface area contributed by atoms with Crippen LogP contribution in [0.25, 0.3) is 0 Å². The quantitative estimate of drug-likeness (QED) is 0.221. The summed E-state index contributed by atoms with van der Waals surface area (Å²) in [7, 11) is 3.01. The summed E-state index contributed by atoms with van der Waals surface area (Å²) in [5, 5.41) is 8.80. The van der Waals surface area contributed by atoms with Gasteiger partial charge in [-0.1, -0.05) is 102 Å². The number of carboxylic acids is 1.